The predicted octanol–water partition coefficient (Wildman–Crippen LogP) is 2.84. The fraction of sp³-hybridized carbons (Fsp3) is 0.176. The van der Waals surface area contributed by atoms with E-state index < -0.39 is 0 Å². The molecule has 0 saturated heterocycles. The standard InChI is InChI=1S/C17H16N2O2/c1-19(12-14-4-3-5-16(10-14)21-2)17(20)15-8-6-13(11-18)7-9-15/h3-10H,12H2,1-2H3. The number of rotatable bonds is 4. The molecular formula is C17H16N2O2. The monoisotopic (exact) mass is 280 g/mol. The van der Waals surface area contributed by atoms with Crippen LogP contribution in [0.4, 0.5) is 0 Å². The van der Waals surface area contributed by atoms with Crippen LogP contribution >= 0.6 is 0 Å². The third-order valence-corrected chi connectivity index (χ3v) is 3.16. The molecule has 0 unspecified atom stereocenters. The predicted molar refractivity (Wildman–Crippen MR) is 79.9 cm³/mol. The van der Waals surface area contributed by atoms with Gasteiger partial charge < -0.3 is 9.64 Å². The van der Waals surface area contributed by atoms with Crippen LogP contribution < -0.4 is 4.74 Å². The number of ether oxygens (including phenoxy) is 1. The molecule has 21 heavy (non-hydrogen) atoms. The van der Waals surface area contributed by atoms with Gasteiger partial charge in [0.15, 0.2) is 0 Å². The molecule has 0 heterocycles. The fourth-order valence-corrected chi connectivity index (χ4v) is 2.02. The van der Waals surface area contributed by atoms with Crippen molar-refractivity contribution in [3.63, 3.8) is 0 Å². The third kappa shape index (κ3) is 3.61. The van der Waals surface area contributed by atoms with E-state index in [2.05, 4.69) is 0 Å². The highest BCUT2D eigenvalue weighted by molar-refractivity contribution is 5.94. The van der Waals surface area contributed by atoms with Gasteiger partial charge in [0.2, 0.25) is 0 Å². The van der Waals surface area contributed by atoms with Crippen LogP contribution in [-0.2, 0) is 6.54 Å². The largest absolute Gasteiger partial charge is 0.497 e. The van der Waals surface area contributed by atoms with E-state index in [0.29, 0.717) is 17.7 Å². The lowest BCUT2D eigenvalue weighted by Crippen LogP contribution is -2.26. The summed E-state index contributed by atoms with van der Waals surface area (Å²) in [4.78, 5) is 13.9. The van der Waals surface area contributed by atoms with Gasteiger partial charge in [0, 0.05) is 19.2 Å². The van der Waals surface area contributed by atoms with Crippen LogP contribution in [0.15, 0.2) is 48.5 Å². The number of methoxy groups -OCH3 is 1. The molecule has 0 aromatic heterocycles. The molecule has 106 valence electrons. The van der Waals surface area contributed by atoms with Crippen LogP contribution in [0.1, 0.15) is 21.5 Å². The molecule has 0 aliphatic heterocycles. The van der Waals surface area contributed by atoms with E-state index in [4.69, 9.17) is 10.00 Å². The van der Waals surface area contributed by atoms with Gasteiger partial charge in [-0.25, -0.2) is 0 Å². The first-order valence-electron chi connectivity index (χ1n) is 6.52. The number of hydrogen-bond donors (Lipinski definition) is 0. The highest BCUT2D eigenvalue weighted by Gasteiger charge is 2.12. The van der Waals surface area contributed by atoms with Crippen molar-refractivity contribution in [1.29, 1.82) is 5.26 Å². The maximum atomic E-state index is 12.3. The summed E-state index contributed by atoms with van der Waals surface area (Å²) in [5.41, 5.74) is 2.11. The summed E-state index contributed by atoms with van der Waals surface area (Å²) in [7, 11) is 3.37. The third-order valence-electron chi connectivity index (χ3n) is 3.16. The van der Waals surface area contributed by atoms with Crippen molar-refractivity contribution in [3.05, 3.63) is 65.2 Å². The van der Waals surface area contributed by atoms with Crippen molar-refractivity contribution < 1.29 is 9.53 Å². The summed E-state index contributed by atoms with van der Waals surface area (Å²) in [6.07, 6.45) is 0. The average molecular weight is 280 g/mol. The zero-order valence-electron chi connectivity index (χ0n) is 12.0. The molecular weight excluding hydrogens is 264 g/mol. The van der Waals surface area contributed by atoms with Crippen LogP contribution in [0.5, 0.6) is 5.75 Å². The molecule has 0 atom stereocenters. The number of amides is 1. The number of hydrogen-bond acceptors (Lipinski definition) is 3. The Morgan fingerprint density at radius 2 is 1.95 bits per heavy atom. The van der Waals surface area contributed by atoms with Gasteiger partial charge in [-0.1, -0.05) is 12.1 Å². The molecule has 4 nitrogen and oxygen atoms in total. The summed E-state index contributed by atoms with van der Waals surface area (Å²) in [6.45, 7) is 0.496. The fourth-order valence-electron chi connectivity index (χ4n) is 2.02. The Balaban J connectivity index is 2.09. The van der Waals surface area contributed by atoms with Crippen LogP contribution in [-0.4, -0.2) is 25.0 Å². The molecule has 0 aliphatic rings. The van der Waals surface area contributed by atoms with Crippen LogP contribution in [0.2, 0.25) is 0 Å². The lowest BCUT2D eigenvalue weighted by molar-refractivity contribution is 0.0785. The average Bonchev–Trinajstić information content (AvgIpc) is 2.54. The maximum absolute atomic E-state index is 12.3. The Bertz CT molecular complexity index is 672. The molecule has 0 N–H and O–H groups in total. The van der Waals surface area contributed by atoms with E-state index in [9.17, 15) is 4.79 Å². The van der Waals surface area contributed by atoms with Crippen LogP contribution in [0.25, 0.3) is 0 Å². The van der Waals surface area contributed by atoms with Crippen LogP contribution in [0, 0.1) is 11.3 Å². The maximum Gasteiger partial charge on any atom is 0.253 e. The van der Waals surface area contributed by atoms with Crippen molar-refractivity contribution in [2.24, 2.45) is 0 Å². The summed E-state index contributed by atoms with van der Waals surface area (Å²) in [5.74, 6) is 0.689. The van der Waals surface area contributed by atoms with E-state index in [0.717, 1.165) is 11.3 Å². The molecule has 0 radical (unpaired) electrons. The van der Waals surface area contributed by atoms with Crippen molar-refractivity contribution in [2.45, 2.75) is 6.54 Å². The summed E-state index contributed by atoms with van der Waals surface area (Å²) < 4.78 is 5.17. The summed E-state index contributed by atoms with van der Waals surface area (Å²) in [5, 5.41) is 8.76. The van der Waals surface area contributed by atoms with Crippen molar-refractivity contribution in [3.8, 4) is 11.8 Å². The minimum Gasteiger partial charge on any atom is -0.497 e. The molecule has 2 aromatic rings. The van der Waals surface area contributed by atoms with Crippen molar-refractivity contribution in [1.82, 2.24) is 4.90 Å². The number of nitrogens with zero attached hydrogens (tertiary/aromatic N) is 2. The van der Waals surface area contributed by atoms with Gasteiger partial charge in [-0.3, -0.25) is 4.79 Å². The van der Waals surface area contributed by atoms with Gasteiger partial charge in [-0.05, 0) is 42.0 Å². The first-order valence-corrected chi connectivity index (χ1v) is 6.52. The Labute approximate surface area is 124 Å². The van der Waals surface area contributed by atoms with E-state index in [-0.39, 0.29) is 5.91 Å². The number of nitriles is 1. The second kappa shape index (κ2) is 6.58. The molecule has 0 spiro atoms. The molecule has 2 rings (SSSR count). The van der Waals surface area contributed by atoms with Gasteiger partial charge in [-0.2, -0.15) is 5.26 Å². The highest BCUT2D eigenvalue weighted by atomic mass is 16.5. The van der Waals surface area contributed by atoms with E-state index in [1.54, 1.807) is 43.3 Å². The molecule has 1 amide bonds. The Morgan fingerprint density at radius 3 is 2.57 bits per heavy atom. The Kier molecular flexibility index (Phi) is 4.57. The summed E-state index contributed by atoms with van der Waals surface area (Å²) >= 11 is 0. The molecule has 0 aliphatic carbocycles. The van der Waals surface area contributed by atoms with Crippen molar-refractivity contribution >= 4 is 5.91 Å². The first kappa shape index (κ1) is 14.6. The minimum absolute atomic E-state index is 0.0812. The molecule has 0 saturated carbocycles. The second-order valence-corrected chi connectivity index (χ2v) is 4.70. The van der Waals surface area contributed by atoms with Gasteiger partial charge >= 0.3 is 0 Å². The number of carbonyl (C=O) groups excluding carboxylic acids is 1. The van der Waals surface area contributed by atoms with E-state index in [1.807, 2.05) is 30.3 Å². The van der Waals surface area contributed by atoms with E-state index in [1.165, 1.54) is 0 Å². The Morgan fingerprint density at radius 1 is 1.24 bits per heavy atom. The van der Waals surface area contributed by atoms with Gasteiger partial charge in [-0.15, -0.1) is 0 Å². The summed E-state index contributed by atoms with van der Waals surface area (Å²) in [6, 6.07) is 16.3. The highest BCUT2D eigenvalue weighted by Crippen LogP contribution is 2.15. The SMILES string of the molecule is COc1cccc(CN(C)C(=O)c2ccc(C#N)cc2)c1. The lowest BCUT2D eigenvalue weighted by atomic mass is 10.1. The number of carbonyl (C=O) groups is 1. The van der Waals surface area contributed by atoms with Gasteiger partial charge in [0.25, 0.3) is 5.91 Å². The normalized spacial score (nSPS) is 9.76. The topological polar surface area (TPSA) is 53.3 Å². The molecule has 0 fully saturated rings. The van der Waals surface area contributed by atoms with Gasteiger partial charge in [0.1, 0.15) is 5.75 Å². The van der Waals surface area contributed by atoms with Crippen LogP contribution in [0.3, 0.4) is 0 Å². The zero-order chi connectivity index (χ0) is 15.2. The molecule has 0 bridgehead atoms. The zero-order valence-corrected chi connectivity index (χ0v) is 12.0. The quantitative estimate of drug-likeness (QED) is 0.865. The number of benzene rings is 2. The second-order valence-electron chi connectivity index (χ2n) is 4.70. The first-order chi connectivity index (χ1) is 10.1. The van der Waals surface area contributed by atoms with E-state index >= 15 is 0 Å². The smallest absolute Gasteiger partial charge is 0.253 e. The Hall–Kier alpha value is -2.80. The minimum atomic E-state index is -0.0812. The molecule has 4 heteroatoms. The van der Waals surface area contributed by atoms with Gasteiger partial charge in [0.05, 0.1) is 18.7 Å². The van der Waals surface area contributed by atoms with Crippen molar-refractivity contribution in [2.75, 3.05) is 14.2 Å². The lowest BCUT2D eigenvalue weighted by Gasteiger charge is -2.17. The molecule has 2 aromatic carbocycles.